The van der Waals surface area contributed by atoms with Crippen molar-refractivity contribution in [2.75, 3.05) is 19.7 Å². The summed E-state index contributed by atoms with van der Waals surface area (Å²) < 4.78 is 17.2. The lowest BCUT2D eigenvalue weighted by atomic mass is 10.2. The fraction of sp³-hybridized carbons (Fsp3) is 0.316. The Hall–Kier alpha value is -3.27. The molecule has 3 heterocycles. The van der Waals surface area contributed by atoms with Gasteiger partial charge in [-0.3, -0.25) is 4.79 Å². The standard InChI is InChI=1S/C19H17N3O4/c20-10-13-5-7-21-18(9-13)25-14-6-8-22(11-14)19(23)17-12-24-15-3-1-2-4-16(15)26-17/h1-5,7,9,14,17H,6,8,11-12H2. The Morgan fingerprint density at radius 2 is 2.15 bits per heavy atom. The van der Waals surface area contributed by atoms with E-state index in [1.165, 1.54) is 6.20 Å². The Bertz CT molecular complexity index is 864. The lowest BCUT2D eigenvalue weighted by Crippen LogP contribution is -2.46. The highest BCUT2D eigenvalue weighted by molar-refractivity contribution is 5.82. The maximum absolute atomic E-state index is 12.7. The second kappa shape index (κ2) is 6.92. The molecule has 2 aliphatic rings. The summed E-state index contributed by atoms with van der Waals surface area (Å²) in [6.07, 6.45) is 1.44. The molecule has 1 fully saturated rings. The van der Waals surface area contributed by atoms with Crippen LogP contribution < -0.4 is 14.2 Å². The molecule has 2 unspecified atom stereocenters. The average molecular weight is 351 g/mol. The molecule has 1 aromatic heterocycles. The van der Waals surface area contributed by atoms with Crippen molar-refractivity contribution in [1.82, 2.24) is 9.88 Å². The normalized spacial score (nSPS) is 21.1. The number of ether oxygens (including phenoxy) is 3. The number of pyridine rings is 1. The summed E-state index contributed by atoms with van der Waals surface area (Å²) in [5.74, 6) is 1.53. The van der Waals surface area contributed by atoms with Crippen molar-refractivity contribution in [3.63, 3.8) is 0 Å². The van der Waals surface area contributed by atoms with Crippen LogP contribution in [-0.2, 0) is 4.79 Å². The maximum atomic E-state index is 12.7. The Kier molecular flexibility index (Phi) is 4.32. The van der Waals surface area contributed by atoms with E-state index in [0.717, 1.165) is 0 Å². The third-order valence-corrected chi connectivity index (χ3v) is 4.39. The molecule has 2 aliphatic heterocycles. The molecule has 132 valence electrons. The van der Waals surface area contributed by atoms with Gasteiger partial charge in [0.25, 0.3) is 5.91 Å². The highest BCUT2D eigenvalue weighted by Gasteiger charge is 2.35. The summed E-state index contributed by atoms with van der Waals surface area (Å²) in [7, 11) is 0. The number of fused-ring (bicyclic) bond motifs is 1. The molecule has 2 aromatic rings. The van der Waals surface area contributed by atoms with E-state index in [-0.39, 0.29) is 18.6 Å². The summed E-state index contributed by atoms with van der Waals surface area (Å²) in [5.41, 5.74) is 0.493. The van der Waals surface area contributed by atoms with Crippen molar-refractivity contribution >= 4 is 5.91 Å². The van der Waals surface area contributed by atoms with Gasteiger partial charge in [-0.05, 0) is 18.2 Å². The largest absolute Gasteiger partial charge is 0.485 e. The Balaban J connectivity index is 1.36. The molecule has 0 bridgehead atoms. The number of aromatic nitrogens is 1. The summed E-state index contributed by atoms with van der Waals surface area (Å²) in [6.45, 7) is 1.24. The highest BCUT2D eigenvalue weighted by Crippen LogP contribution is 2.31. The third-order valence-electron chi connectivity index (χ3n) is 4.39. The quantitative estimate of drug-likeness (QED) is 0.838. The van der Waals surface area contributed by atoms with Crippen LogP contribution in [0.25, 0.3) is 0 Å². The highest BCUT2D eigenvalue weighted by atomic mass is 16.6. The second-order valence-electron chi connectivity index (χ2n) is 6.17. The van der Waals surface area contributed by atoms with Crippen LogP contribution in [0.1, 0.15) is 12.0 Å². The van der Waals surface area contributed by atoms with Crippen LogP contribution in [0.4, 0.5) is 0 Å². The van der Waals surface area contributed by atoms with Crippen molar-refractivity contribution < 1.29 is 19.0 Å². The monoisotopic (exact) mass is 351 g/mol. The molecular weight excluding hydrogens is 334 g/mol. The van der Waals surface area contributed by atoms with Crippen LogP contribution in [0, 0.1) is 11.3 Å². The predicted molar refractivity (Wildman–Crippen MR) is 90.9 cm³/mol. The van der Waals surface area contributed by atoms with Gasteiger partial charge in [0.15, 0.2) is 11.5 Å². The van der Waals surface area contributed by atoms with Gasteiger partial charge >= 0.3 is 0 Å². The van der Waals surface area contributed by atoms with E-state index in [2.05, 4.69) is 11.1 Å². The first kappa shape index (κ1) is 16.2. The molecule has 2 atom stereocenters. The van der Waals surface area contributed by atoms with Gasteiger partial charge in [0.1, 0.15) is 12.7 Å². The molecule has 0 aliphatic carbocycles. The van der Waals surface area contributed by atoms with E-state index in [1.54, 1.807) is 23.1 Å². The first-order chi connectivity index (χ1) is 12.7. The van der Waals surface area contributed by atoms with Crippen LogP contribution in [0.3, 0.4) is 0 Å². The van der Waals surface area contributed by atoms with Crippen molar-refractivity contribution in [1.29, 1.82) is 5.26 Å². The Morgan fingerprint density at radius 3 is 3.00 bits per heavy atom. The van der Waals surface area contributed by atoms with Crippen LogP contribution in [-0.4, -0.2) is 47.7 Å². The van der Waals surface area contributed by atoms with Gasteiger partial charge in [0.05, 0.1) is 18.2 Å². The van der Waals surface area contributed by atoms with Crippen molar-refractivity contribution in [3.8, 4) is 23.4 Å². The smallest absolute Gasteiger partial charge is 0.267 e. The number of rotatable bonds is 3. The average Bonchev–Trinajstić information content (AvgIpc) is 3.15. The van der Waals surface area contributed by atoms with Gasteiger partial charge in [0, 0.05) is 25.2 Å². The van der Waals surface area contributed by atoms with Gasteiger partial charge < -0.3 is 19.1 Å². The fourth-order valence-electron chi connectivity index (χ4n) is 3.08. The Morgan fingerprint density at radius 1 is 1.31 bits per heavy atom. The number of amides is 1. The van der Waals surface area contributed by atoms with E-state index >= 15 is 0 Å². The second-order valence-corrected chi connectivity index (χ2v) is 6.17. The first-order valence-corrected chi connectivity index (χ1v) is 8.43. The van der Waals surface area contributed by atoms with E-state index in [0.29, 0.717) is 42.5 Å². The molecule has 0 N–H and O–H groups in total. The molecule has 1 amide bonds. The predicted octanol–water partition coefficient (Wildman–Crippen LogP) is 1.77. The molecule has 0 radical (unpaired) electrons. The number of nitrogens with zero attached hydrogens (tertiary/aromatic N) is 3. The van der Waals surface area contributed by atoms with Gasteiger partial charge in [-0.25, -0.2) is 4.98 Å². The fourth-order valence-corrected chi connectivity index (χ4v) is 3.08. The minimum absolute atomic E-state index is 0.107. The number of carbonyl (C=O) groups excluding carboxylic acids is 1. The third kappa shape index (κ3) is 3.26. The first-order valence-electron chi connectivity index (χ1n) is 8.43. The van der Waals surface area contributed by atoms with Crippen molar-refractivity contribution in [3.05, 3.63) is 48.2 Å². The Labute approximate surface area is 150 Å². The minimum Gasteiger partial charge on any atom is -0.485 e. The van der Waals surface area contributed by atoms with Crippen LogP contribution >= 0.6 is 0 Å². The molecule has 4 rings (SSSR count). The lowest BCUT2D eigenvalue weighted by Gasteiger charge is -2.28. The summed E-state index contributed by atoms with van der Waals surface area (Å²) in [4.78, 5) is 18.6. The van der Waals surface area contributed by atoms with Crippen molar-refractivity contribution in [2.24, 2.45) is 0 Å². The summed E-state index contributed by atoms with van der Waals surface area (Å²) in [6, 6.07) is 12.6. The maximum Gasteiger partial charge on any atom is 0.267 e. The topological polar surface area (TPSA) is 84.7 Å². The van der Waals surface area contributed by atoms with Gasteiger partial charge in [-0.2, -0.15) is 5.26 Å². The molecular formula is C19H17N3O4. The number of nitriles is 1. The number of hydrogen-bond donors (Lipinski definition) is 0. The van der Waals surface area contributed by atoms with Crippen molar-refractivity contribution in [2.45, 2.75) is 18.6 Å². The molecule has 0 spiro atoms. The molecule has 1 aromatic carbocycles. The van der Waals surface area contributed by atoms with Crippen LogP contribution in [0.15, 0.2) is 42.6 Å². The number of benzene rings is 1. The molecule has 7 nitrogen and oxygen atoms in total. The molecule has 7 heteroatoms. The van der Waals surface area contributed by atoms with Crippen LogP contribution in [0.5, 0.6) is 17.4 Å². The van der Waals surface area contributed by atoms with E-state index in [4.69, 9.17) is 19.5 Å². The number of hydrogen-bond acceptors (Lipinski definition) is 6. The van der Waals surface area contributed by atoms with E-state index in [1.807, 2.05) is 18.2 Å². The van der Waals surface area contributed by atoms with Gasteiger partial charge in [-0.1, -0.05) is 12.1 Å². The molecule has 0 saturated carbocycles. The minimum atomic E-state index is -0.649. The number of likely N-dealkylation sites (tertiary alicyclic amines) is 1. The van der Waals surface area contributed by atoms with E-state index in [9.17, 15) is 4.79 Å². The van der Waals surface area contributed by atoms with Gasteiger partial charge in [-0.15, -0.1) is 0 Å². The SMILES string of the molecule is N#Cc1ccnc(OC2CCN(C(=O)C3COc4ccccc4O3)C2)c1. The lowest BCUT2D eigenvalue weighted by molar-refractivity contribution is -0.140. The zero-order valence-electron chi connectivity index (χ0n) is 14.0. The summed E-state index contributed by atoms with van der Waals surface area (Å²) in [5, 5.41) is 8.94. The number of carbonyl (C=O) groups is 1. The molecule has 26 heavy (non-hydrogen) atoms. The van der Waals surface area contributed by atoms with Crippen LogP contribution in [0.2, 0.25) is 0 Å². The van der Waals surface area contributed by atoms with Gasteiger partial charge in [0.2, 0.25) is 12.0 Å². The molecule has 1 saturated heterocycles. The zero-order chi connectivity index (χ0) is 17.9. The zero-order valence-corrected chi connectivity index (χ0v) is 14.0. The van der Waals surface area contributed by atoms with E-state index < -0.39 is 6.10 Å². The number of para-hydroxylation sites is 2. The summed E-state index contributed by atoms with van der Waals surface area (Å²) >= 11 is 0.